The summed E-state index contributed by atoms with van der Waals surface area (Å²) in [5.41, 5.74) is 2.98. The molecule has 2 aliphatic rings. The van der Waals surface area contributed by atoms with Crippen LogP contribution in [0.25, 0.3) is 53.9 Å². The smallest absolute Gasteiger partial charge is 0.340 e. The number of carbonyl (C=O) groups is 6. The Morgan fingerprint density at radius 3 is 1.06 bits per heavy atom. The molecule has 9 aromatic rings. The number of thiophene rings is 2. The number of hydrogen-bond acceptors (Lipinski definition) is 10. The Morgan fingerprint density at radius 1 is 0.422 bits per heavy atom. The second-order valence-electron chi connectivity index (χ2n) is 15.6. The van der Waals surface area contributed by atoms with E-state index in [0.29, 0.717) is 52.2 Å². The van der Waals surface area contributed by atoms with Crippen LogP contribution in [0.3, 0.4) is 0 Å². The molecule has 0 bridgehead atoms. The van der Waals surface area contributed by atoms with E-state index >= 15 is 0 Å². The van der Waals surface area contributed by atoms with Crippen molar-refractivity contribution in [2.24, 2.45) is 0 Å². The molecule has 8 nitrogen and oxygen atoms in total. The van der Waals surface area contributed by atoms with Crippen LogP contribution in [0.5, 0.6) is 0 Å². The summed E-state index contributed by atoms with van der Waals surface area (Å²) in [6, 6.07) is 43.7. The second kappa shape index (κ2) is 15.5. The van der Waals surface area contributed by atoms with Crippen molar-refractivity contribution in [3.63, 3.8) is 0 Å². The van der Waals surface area contributed by atoms with Crippen LogP contribution in [0.2, 0.25) is 0 Å². The molecule has 2 heterocycles. The average Bonchev–Trinajstić information content (AvgIpc) is 4.05. The van der Waals surface area contributed by atoms with Gasteiger partial charge in [-0.1, -0.05) is 109 Å². The number of rotatable bonds is 8. The summed E-state index contributed by atoms with van der Waals surface area (Å²) in [5, 5.41) is 4.03. The van der Waals surface area contributed by atoms with E-state index in [1.807, 2.05) is 109 Å². The van der Waals surface area contributed by atoms with Crippen molar-refractivity contribution in [3.05, 3.63) is 211 Å². The third-order valence-corrected chi connectivity index (χ3v) is 13.8. The maximum atomic E-state index is 14.5. The number of ketones is 4. The fraction of sp³-hybridized carbons (Fsp3) is 0.0370. The lowest BCUT2D eigenvalue weighted by atomic mass is 10.0. The number of ether oxygens (including phenoxy) is 2. The van der Waals surface area contributed by atoms with Gasteiger partial charge in [0.15, 0.2) is 23.1 Å². The minimum Gasteiger partial charge on any atom is -0.457 e. The van der Waals surface area contributed by atoms with Crippen LogP contribution in [0, 0.1) is 0 Å². The number of fused-ring (bicyclic) bond motifs is 6. The van der Waals surface area contributed by atoms with E-state index < -0.39 is 35.1 Å². The molecule has 10 heteroatoms. The summed E-state index contributed by atoms with van der Waals surface area (Å²) in [6.45, 7) is -0.0871. The Balaban J connectivity index is 1.08. The minimum atomic E-state index is -0.680. The Labute approximate surface area is 372 Å². The molecule has 0 fully saturated rings. The van der Waals surface area contributed by atoms with Gasteiger partial charge >= 0.3 is 11.9 Å². The monoisotopic (exact) mass is 870 g/mol. The largest absolute Gasteiger partial charge is 0.457 e. The van der Waals surface area contributed by atoms with Gasteiger partial charge in [0.05, 0.1) is 31.7 Å². The molecule has 2 aliphatic carbocycles. The lowest BCUT2D eigenvalue weighted by molar-refractivity contribution is 0.0465. The highest BCUT2D eigenvalue weighted by molar-refractivity contribution is 7.22. The molecular weight excluding hydrogens is 841 g/mol. The van der Waals surface area contributed by atoms with Crippen LogP contribution in [-0.4, -0.2) is 35.1 Å². The van der Waals surface area contributed by atoms with Crippen LogP contribution >= 0.6 is 22.7 Å². The van der Waals surface area contributed by atoms with Crippen LogP contribution in [0.1, 0.15) is 83.0 Å². The standard InChI is InChI=1S/C54H30O8S2/c55-47-37-19-31-15-7-8-16-32(31)20-38(37)48(56)43(47)25-35-23-41-45(53(59)61-27-29-11-3-1-4-12-29)51-42(46(52(41)64-35)54(60)62-28-30-13-5-2-6-14-30)24-36(63-51)26-44-49(57)39-21-33-17-9-10-18-34(33)22-40(39)50(44)58/h1-26H,27-28H2. The summed E-state index contributed by atoms with van der Waals surface area (Å²) < 4.78 is 12.7. The first-order valence-corrected chi connectivity index (χ1v) is 22.0. The zero-order chi connectivity index (χ0) is 43.6. The van der Waals surface area contributed by atoms with Crippen LogP contribution in [0.15, 0.2) is 157 Å². The van der Waals surface area contributed by atoms with E-state index in [1.54, 1.807) is 36.4 Å². The quantitative estimate of drug-likeness (QED) is 0.0841. The van der Waals surface area contributed by atoms with Crippen LogP contribution in [-0.2, 0) is 22.7 Å². The molecule has 0 saturated carbocycles. The van der Waals surface area contributed by atoms with Crippen molar-refractivity contribution >= 4 is 112 Å². The molecule has 0 aliphatic heterocycles. The van der Waals surface area contributed by atoms with Gasteiger partial charge in [-0.05, 0) is 81.2 Å². The second-order valence-corrected chi connectivity index (χ2v) is 17.7. The summed E-state index contributed by atoms with van der Waals surface area (Å²) in [5.74, 6) is -3.03. The number of benzene rings is 7. The third kappa shape index (κ3) is 6.59. The first-order valence-electron chi connectivity index (χ1n) is 20.3. The number of hydrogen-bond donors (Lipinski definition) is 0. The van der Waals surface area contributed by atoms with Crippen LogP contribution < -0.4 is 0 Å². The normalized spacial score (nSPS) is 13.3. The van der Waals surface area contributed by atoms with Gasteiger partial charge in [-0.3, -0.25) is 19.2 Å². The molecule has 11 rings (SSSR count). The first kappa shape index (κ1) is 39.0. The van der Waals surface area contributed by atoms with Crippen LogP contribution in [0.4, 0.5) is 0 Å². The highest BCUT2D eigenvalue weighted by Crippen LogP contribution is 2.45. The Kier molecular flexibility index (Phi) is 9.41. The van der Waals surface area contributed by atoms with Gasteiger partial charge in [0.1, 0.15) is 13.2 Å². The van der Waals surface area contributed by atoms with Gasteiger partial charge in [-0.15, -0.1) is 22.7 Å². The molecule has 0 N–H and O–H groups in total. The Bertz CT molecular complexity index is 3200. The number of Topliss-reactive ketones (excluding diaryl/α,β-unsaturated/α-hetero) is 4. The fourth-order valence-corrected chi connectivity index (χ4v) is 10.8. The molecule has 2 aromatic heterocycles. The van der Waals surface area contributed by atoms with E-state index in [4.69, 9.17) is 9.47 Å². The Hall–Kier alpha value is -7.92. The zero-order valence-corrected chi connectivity index (χ0v) is 35.1. The first-order chi connectivity index (χ1) is 31.2. The molecule has 0 spiro atoms. The molecule has 0 atom stereocenters. The van der Waals surface area contributed by atoms with Crippen molar-refractivity contribution in [2.45, 2.75) is 13.2 Å². The van der Waals surface area contributed by atoms with Crippen molar-refractivity contribution in [3.8, 4) is 0 Å². The van der Waals surface area contributed by atoms with Crippen molar-refractivity contribution in [2.75, 3.05) is 0 Å². The number of esters is 2. The molecule has 0 unspecified atom stereocenters. The summed E-state index contributed by atoms with van der Waals surface area (Å²) in [4.78, 5) is 85.4. The van der Waals surface area contributed by atoms with Gasteiger partial charge in [0.25, 0.3) is 0 Å². The van der Waals surface area contributed by atoms with Gasteiger partial charge in [0.2, 0.25) is 0 Å². The molecule has 0 radical (unpaired) electrons. The maximum Gasteiger partial charge on any atom is 0.340 e. The van der Waals surface area contributed by atoms with E-state index in [0.717, 1.165) is 55.3 Å². The van der Waals surface area contributed by atoms with E-state index in [2.05, 4.69) is 0 Å². The van der Waals surface area contributed by atoms with E-state index in [1.165, 1.54) is 12.2 Å². The van der Waals surface area contributed by atoms with E-state index in [-0.39, 0.29) is 35.5 Å². The number of allylic oxidation sites excluding steroid dienone is 2. The molecule has 7 aromatic carbocycles. The molecule has 64 heavy (non-hydrogen) atoms. The summed E-state index contributed by atoms with van der Waals surface area (Å²) >= 11 is 2.27. The van der Waals surface area contributed by atoms with Gasteiger partial charge in [-0.25, -0.2) is 9.59 Å². The van der Waals surface area contributed by atoms with Gasteiger partial charge in [0, 0.05) is 42.8 Å². The number of carbonyl (C=O) groups excluding carboxylic acids is 6. The average molecular weight is 871 g/mol. The summed E-state index contributed by atoms with van der Waals surface area (Å²) in [6.07, 6.45) is 3.03. The van der Waals surface area contributed by atoms with Crippen molar-refractivity contribution in [1.29, 1.82) is 0 Å². The highest BCUT2D eigenvalue weighted by atomic mass is 32.1. The predicted molar refractivity (Wildman–Crippen MR) is 250 cm³/mol. The Morgan fingerprint density at radius 2 is 0.734 bits per heavy atom. The minimum absolute atomic E-state index is 0.0335. The predicted octanol–water partition coefficient (Wildman–Crippen LogP) is 12.1. The lowest BCUT2D eigenvalue weighted by Gasteiger charge is -2.11. The molecule has 0 saturated heterocycles. The molecular formula is C54H30O8S2. The third-order valence-electron chi connectivity index (χ3n) is 11.6. The van der Waals surface area contributed by atoms with Crippen molar-refractivity contribution < 1.29 is 38.2 Å². The van der Waals surface area contributed by atoms with Crippen molar-refractivity contribution in [1.82, 2.24) is 0 Å². The lowest BCUT2D eigenvalue weighted by Crippen LogP contribution is -2.10. The summed E-state index contributed by atoms with van der Waals surface area (Å²) in [7, 11) is 0. The fourth-order valence-electron chi connectivity index (χ4n) is 8.51. The molecule has 306 valence electrons. The van der Waals surface area contributed by atoms with Gasteiger partial charge in [-0.2, -0.15) is 0 Å². The van der Waals surface area contributed by atoms with E-state index in [9.17, 15) is 28.8 Å². The SMILES string of the molecule is O=C1C(=Cc2cc3c(C(=O)OCc4ccccc4)c4sc(C=C5C(=O)c6cc7ccccc7cc6C5=O)cc4c(C(=O)OCc4ccccc4)c3s2)C(=O)c2cc3ccccc3cc21. The topological polar surface area (TPSA) is 121 Å². The highest BCUT2D eigenvalue weighted by Gasteiger charge is 2.36. The zero-order valence-electron chi connectivity index (χ0n) is 33.5. The van der Waals surface area contributed by atoms with Gasteiger partial charge < -0.3 is 9.47 Å². The maximum absolute atomic E-state index is 14.5. The molecule has 0 amide bonds.